The standard InChI is InChI=1S/C20H19N3/c1-14-9-15(2)11-18(10-14)23-13-17(12-21-23)20-8-7-16-5-3-4-6-19(16)22-20/h3-13,20,22H,1-2H3. The summed E-state index contributed by atoms with van der Waals surface area (Å²) in [5, 5.41) is 8.10. The molecule has 114 valence electrons. The third-order valence-corrected chi connectivity index (χ3v) is 4.17. The molecule has 3 heteroatoms. The molecule has 0 radical (unpaired) electrons. The minimum atomic E-state index is 0.157. The van der Waals surface area contributed by atoms with Crippen LogP contribution >= 0.6 is 0 Å². The molecule has 0 saturated heterocycles. The summed E-state index contributed by atoms with van der Waals surface area (Å²) >= 11 is 0. The number of nitrogens with one attached hydrogen (secondary N) is 1. The zero-order valence-corrected chi connectivity index (χ0v) is 13.3. The first-order chi connectivity index (χ1) is 11.2. The van der Waals surface area contributed by atoms with E-state index in [1.54, 1.807) is 0 Å². The summed E-state index contributed by atoms with van der Waals surface area (Å²) in [6.07, 6.45) is 8.40. The quantitative estimate of drug-likeness (QED) is 0.745. The largest absolute Gasteiger partial charge is 0.374 e. The zero-order valence-electron chi connectivity index (χ0n) is 13.3. The highest BCUT2D eigenvalue weighted by Gasteiger charge is 2.16. The van der Waals surface area contributed by atoms with Crippen LogP contribution in [0, 0.1) is 13.8 Å². The lowest BCUT2D eigenvalue weighted by Gasteiger charge is -2.21. The molecule has 4 rings (SSSR count). The molecule has 0 aliphatic carbocycles. The van der Waals surface area contributed by atoms with Crippen molar-refractivity contribution in [2.75, 3.05) is 5.32 Å². The Balaban J connectivity index is 1.64. The summed E-state index contributed by atoms with van der Waals surface area (Å²) in [5.74, 6) is 0. The second-order valence-electron chi connectivity index (χ2n) is 6.13. The van der Waals surface area contributed by atoms with Crippen LogP contribution in [0.15, 0.2) is 60.9 Å². The van der Waals surface area contributed by atoms with Gasteiger partial charge in [0.05, 0.1) is 17.9 Å². The summed E-state index contributed by atoms with van der Waals surface area (Å²) in [7, 11) is 0. The molecule has 2 aromatic carbocycles. The number of fused-ring (bicyclic) bond motifs is 1. The molecule has 0 amide bonds. The Morgan fingerprint density at radius 1 is 1.04 bits per heavy atom. The second-order valence-corrected chi connectivity index (χ2v) is 6.13. The van der Waals surface area contributed by atoms with Gasteiger partial charge in [-0.1, -0.05) is 36.4 Å². The van der Waals surface area contributed by atoms with Crippen molar-refractivity contribution < 1.29 is 0 Å². The fourth-order valence-electron chi connectivity index (χ4n) is 3.11. The molecule has 23 heavy (non-hydrogen) atoms. The van der Waals surface area contributed by atoms with E-state index < -0.39 is 0 Å². The van der Waals surface area contributed by atoms with Gasteiger partial charge >= 0.3 is 0 Å². The van der Waals surface area contributed by atoms with E-state index in [-0.39, 0.29) is 6.04 Å². The summed E-state index contributed by atoms with van der Waals surface area (Å²) in [6, 6.07) is 15.0. The van der Waals surface area contributed by atoms with E-state index in [4.69, 9.17) is 0 Å². The molecule has 0 spiro atoms. The first-order valence-corrected chi connectivity index (χ1v) is 7.86. The molecular formula is C20H19N3. The Labute approximate surface area is 136 Å². The van der Waals surface area contributed by atoms with Crippen LogP contribution in [-0.4, -0.2) is 9.78 Å². The number of anilines is 1. The van der Waals surface area contributed by atoms with Crippen molar-refractivity contribution in [3.05, 3.63) is 83.2 Å². The molecule has 0 saturated carbocycles. The molecule has 3 aromatic rings. The molecular weight excluding hydrogens is 282 g/mol. The van der Waals surface area contributed by atoms with Gasteiger partial charge in [-0.05, 0) is 48.7 Å². The van der Waals surface area contributed by atoms with Crippen molar-refractivity contribution in [1.82, 2.24) is 9.78 Å². The van der Waals surface area contributed by atoms with E-state index in [0.29, 0.717) is 0 Å². The van der Waals surface area contributed by atoms with Crippen LogP contribution < -0.4 is 5.32 Å². The maximum absolute atomic E-state index is 4.54. The molecule has 1 N–H and O–H groups in total. The fraction of sp³-hybridized carbons (Fsp3) is 0.150. The van der Waals surface area contributed by atoms with Crippen molar-refractivity contribution in [1.29, 1.82) is 0 Å². The predicted octanol–water partition coefficient (Wildman–Crippen LogP) is 4.67. The first kappa shape index (κ1) is 13.8. The monoisotopic (exact) mass is 301 g/mol. The lowest BCUT2D eigenvalue weighted by atomic mass is 10.0. The molecule has 1 unspecified atom stereocenters. The number of aryl methyl sites for hydroxylation is 2. The van der Waals surface area contributed by atoms with Gasteiger partial charge in [-0.25, -0.2) is 4.68 Å². The number of nitrogens with zero attached hydrogens (tertiary/aromatic N) is 2. The maximum Gasteiger partial charge on any atom is 0.0732 e. The van der Waals surface area contributed by atoms with Crippen molar-refractivity contribution in [2.45, 2.75) is 19.9 Å². The highest BCUT2D eigenvalue weighted by molar-refractivity contribution is 5.71. The van der Waals surface area contributed by atoms with Crippen LogP contribution in [0.4, 0.5) is 5.69 Å². The molecule has 0 fully saturated rings. The highest BCUT2D eigenvalue weighted by Crippen LogP contribution is 2.30. The zero-order chi connectivity index (χ0) is 15.8. The average Bonchev–Trinajstić information content (AvgIpc) is 3.03. The van der Waals surface area contributed by atoms with E-state index in [2.05, 4.69) is 85.1 Å². The van der Waals surface area contributed by atoms with Gasteiger partial charge in [-0.15, -0.1) is 0 Å². The summed E-state index contributed by atoms with van der Waals surface area (Å²) in [6.45, 7) is 4.23. The Bertz CT molecular complexity index is 869. The van der Waals surface area contributed by atoms with E-state index in [9.17, 15) is 0 Å². The Morgan fingerprint density at radius 3 is 2.65 bits per heavy atom. The molecule has 0 bridgehead atoms. The molecule has 1 aromatic heterocycles. The van der Waals surface area contributed by atoms with Crippen molar-refractivity contribution >= 4 is 11.8 Å². The predicted molar refractivity (Wildman–Crippen MR) is 94.9 cm³/mol. The molecule has 3 nitrogen and oxygen atoms in total. The third kappa shape index (κ3) is 2.66. The Morgan fingerprint density at radius 2 is 1.83 bits per heavy atom. The smallest absolute Gasteiger partial charge is 0.0732 e. The van der Waals surface area contributed by atoms with E-state index in [1.165, 1.54) is 22.4 Å². The van der Waals surface area contributed by atoms with E-state index in [0.717, 1.165) is 11.3 Å². The number of hydrogen-bond acceptors (Lipinski definition) is 2. The van der Waals surface area contributed by atoms with Crippen LogP contribution in [0.5, 0.6) is 0 Å². The van der Waals surface area contributed by atoms with E-state index >= 15 is 0 Å². The lowest BCUT2D eigenvalue weighted by molar-refractivity contribution is 0.875. The molecule has 1 aliphatic heterocycles. The number of benzene rings is 2. The minimum absolute atomic E-state index is 0.157. The summed E-state index contributed by atoms with van der Waals surface area (Å²) in [5.41, 5.74) is 7.16. The third-order valence-electron chi connectivity index (χ3n) is 4.17. The van der Waals surface area contributed by atoms with Gasteiger partial charge in [-0.3, -0.25) is 0 Å². The number of aromatic nitrogens is 2. The summed E-state index contributed by atoms with van der Waals surface area (Å²) < 4.78 is 1.95. The fourth-order valence-corrected chi connectivity index (χ4v) is 3.11. The molecule has 2 heterocycles. The van der Waals surface area contributed by atoms with Gasteiger partial charge in [0.25, 0.3) is 0 Å². The number of para-hydroxylation sites is 1. The first-order valence-electron chi connectivity index (χ1n) is 7.86. The maximum atomic E-state index is 4.54. The van der Waals surface area contributed by atoms with Crippen molar-refractivity contribution in [3.8, 4) is 5.69 Å². The SMILES string of the molecule is Cc1cc(C)cc(-n2cc(C3C=Cc4ccccc4N3)cn2)c1. The Hall–Kier alpha value is -2.81. The lowest BCUT2D eigenvalue weighted by Crippen LogP contribution is -2.11. The average molecular weight is 301 g/mol. The Kier molecular flexibility index (Phi) is 3.27. The van der Waals surface area contributed by atoms with Crippen LogP contribution in [-0.2, 0) is 0 Å². The topological polar surface area (TPSA) is 29.9 Å². The minimum Gasteiger partial charge on any atom is -0.374 e. The summed E-state index contributed by atoms with van der Waals surface area (Å²) in [4.78, 5) is 0. The van der Waals surface area contributed by atoms with Gasteiger partial charge in [0.2, 0.25) is 0 Å². The number of rotatable bonds is 2. The van der Waals surface area contributed by atoms with Gasteiger partial charge in [0, 0.05) is 17.4 Å². The van der Waals surface area contributed by atoms with Crippen molar-refractivity contribution in [2.24, 2.45) is 0 Å². The van der Waals surface area contributed by atoms with Gasteiger partial charge in [-0.2, -0.15) is 5.10 Å². The van der Waals surface area contributed by atoms with Crippen LogP contribution in [0.1, 0.15) is 28.3 Å². The molecule has 1 atom stereocenters. The highest BCUT2D eigenvalue weighted by atomic mass is 15.3. The normalized spacial score (nSPS) is 16.0. The van der Waals surface area contributed by atoms with Gasteiger partial charge in [0.15, 0.2) is 0 Å². The van der Waals surface area contributed by atoms with Crippen LogP contribution in [0.2, 0.25) is 0 Å². The molecule has 1 aliphatic rings. The second kappa shape index (κ2) is 5.43. The van der Waals surface area contributed by atoms with Crippen LogP contribution in [0.25, 0.3) is 11.8 Å². The van der Waals surface area contributed by atoms with E-state index in [1.807, 2.05) is 10.9 Å². The number of hydrogen-bond donors (Lipinski definition) is 1. The van der Waals surface area contributed by atoms with Crippen molar-refractivity contribution in [3.63, 3.8) is 0 Å². The van der Waals surface area contributed by atoms with Crippen LogP contribution in [0.3, 0.4) is 0 Å². The van der Waals surface area contributed by atoms with Gasteiger partial charge < -0.3 is 5.32 Å². The van der Waals surface area contributed by atoms with Gasteiger partial charge in [0.1, 0.15) is 0 Å².